The summed E-state index contributed by atoms with van der Waals surface area (Å²) in [7, 11) is 4.55. The zero-order valence-corrected chi connectivity index (χ0v) is 11.5. The molecule has 1 aliphatic rings. The number of hydrogen-bond acceptors (Lipinski definition) is 1. The molecule has 1 aromatic carbocycles. The van der Waals surface area contributed by atoms with Gasteiger partial charge in [0.2, 0.25) is 0 Å². The van der Waals surface area contributed by atoms with Gasteiger partial charge in [0.1, 0.15) is 0 Å². The van der Waals surface area contributed by atoms with E-state index in [-0.39, 0.29) is 0 Å². The van der Waals surface area contributed by atoms with Gasteiger partial charge in [0.25, 0.3) is 0 Å². The smallest absolute Gasteiger partial charge is 0.0985 e. The minimum Gasteiger partial charge on any atom is -0.322 e. The molecule has 2 unspecified atom stereocenters. The molecule has 2 atom stereocenters. The average molecular weight is 254 g/mol. The minimum atomic E-state index is 0.526. The summed E-state index contributed by atoms with van der Waals surface area (Å²) in [4.78, 5) is 2.46. The van der Waals surface area contributed by atoms with Crippen LogP contribution in [-0.4, -0.2) is 55.5 Å². The lowest BCUT2D eigenvalue weighted by atomic mass is 10.0. The largest absolute Gasteiger partial charge is 0.322 e. The van der Waals surface area contributed by atoms with E-state index in [1.807, 2.05) is 0 Å². The fourth-order valence-corrected chi connectivity index (χ4v) is 3.05. The second-order valence-electron chi connectivity index (χ2n) is 5.35. The van der Waals surface area contributed by atoms with E-state index in [9.17, 15) is 0 Å². The van der Waals surface area contributed by atoms with Crippen LogP contribution in [0, 0.1) is 0 Å². The van der Waals surface area contributed by atoms with Gasteiger partial charge in [-0.15, -0.1) is 11.6 Å². The lowest BCUT2D eigenvalue weighted by Crippen LogP contribution is -2.58. The number of piperazine rings is 1. The molecular weight excluding hydrogens is 232 g/mol. The van der Waals surface area contributed by atoms with Crippen molar-refractivity contribution in [1.29, 1.82) is 0 Å². The summed E-state index contributed by atoms with van der Waals surface area (Å²) in [6.45, 7) is 4.57. The van der Waals surface area contributed by atoms with Crippen LogP contribution < -0.4 is 0 Å². The van der Waals surface area contributed by atoms with Crippen LogP contribution >= 0.6 is 11.6 Å². The van der Waals surface area contributed by atoms with Crippen molar-refractivity contribution < 1.29 is 4.48 Å². The summed E-state index contributed by atoms with van der Waals surface area (Å²) in [6.07, 6.45) is 0. The highest BCUT2D eigenvalue weighted by molar-refractivity contribution is 6.17. The van der Waals surface area contributed by atoms with Gasteiger partial charge in [-0.2, -0.15) is 0 Å². The van der Waals surface area contributed by atoms with E-state index >= 15 is 0 Å². The number of quaternary nitrogens is 1. The van der Waals surface area contributed by atoms with E-state index in [0.717, 1.165) is 30.0 Å². The SMILES string of the molecule is CN1CC[N+](C)(CCCl)CC1c1ccccc1. The van der Waals surface area contributed by atoms with E-state index < -0.39 is 0 Å². The van der Waals surface area contributed by atoms with Gasteiger partial charge in [-0.3, -0.25) is 4.90 Å². The second kappa shape index (κ2) is 5.38. The molecule has 0 aromatic heterocycles. The van der Waals surface area contributed by atoms with Crippen LogP contribution in [0.2, 0.25) is 0 Å². The molecule has 17 heavy (non-hydrogen) atoms. The number of hydrogen-bond donors (Lipinski definition) is 0. The Hall–Kier alpha value is -0.570. The molecule has 94 valence electrons. The predicted molar refractivity (Wildman–Crippen MR) is 73.3 cm³/mol. The maximum Gasteiger partial charge on any atom is 0.0985 e. The third-order valence-electron chi connectivity index (χ3n) is 3.95. The van der Waals surface area contributed by atoms with Crippen molar-refractivity contribution in [3.63, 3.8) is 0 Å². The molecule has 0 spiro atoms. The number of alkyl halides is 1. The predicted octanol–water partition coefficient (Wildman–Crippen LogP) is 2.36. The van der Waals surface area contributed by atoms with Crippen molar-refractivity contribution in [2.24, 2.45) is 0 Å². The van der Waals surface area contributed by atoms with Crippen LogP contribution in [0.25, 0.3) is 0 Å². The molecule has 1 heterocycles. The summed E-state index contributed by atoms with van der Waals surface area (Å²) in [5.41, 5.74) is 1.42. The Bertz CT molecular complexity index is 354. The molecule has 0 aliphatic carbocycles. The first-order valence-corrected chi connectivity index (χ1v) is 6.83. The minimum absolute atomic E-state index is 0.526. The van der Waals surface area contributed by atoms with Crippen molar-refractivity contribution in [2.45, 2.75) is 6.04 Å². The summed E-state index contributed by atoms with van der Waals surface area (Å²) < 4.78 is 1.09. The molecule has 0 bridgehead atoms. The second-order valence-corrected chi connectivity index (χ2v) is 5.72. The lowest BCUT2D eigenvalue weighted by molar-refractivity contribution is -0.915. The van der Waals surface area contributed by atoms with E-state index in [1.54, 1.807) is 0 Å². The van der Waals surface area contributed by atoms with Crippen molar-refractivity contribution >= 4 is 11.6 Å². The Kier molecular flexibility index (Phi) is 4.08. The maximum absolute atomic E-state index is 5.93. The van der Waals surface area contributed by atoms with Crippen LogP contribution in [0.3, 0.4) is 0 Å². The fourth-order valence-electron chi connectivity index (χ4n) is 2.65. The molecule has 1 saturated heterocycles. The Morgan fingerprint density at radius 2 is 2.06 bits per heavy atom. The van der Waals surface area contributed by atoms with Gasteiger partial charge in [0.05, 0.1) is 38.6 Å². The van der Waals surface area contributed by atoms with Crippen molar-refractivity contribution in [3.8, 4) is 0 Å². The summed E-state index contributed by atoms with van der Waals surface area (Å²) in [5.74, 6) is 0.752. The molecule has 2 nitrogen and oxygen atoms in total. The van der Waals surface area contributed by atoms with Crippen molar-refractivity contribution in [3.05, 3.63) is 35.9 Å². The normalized spacial score (nSPS) is 30.4. The lowest BCUT2D eigenvalue weighted by Gasteiger charge is -2.45. The first-order valence-electron chi connectivity index (χ1n) is 6.29. The quantitative estimate of drug-likeness (QED) is 0.591. The topological polar surface area (TPSA) is 3.24 Å². The molecular formula is C14H22ClN2+. The highest BCUT2D eigenvalue weighted by Gasteiger charge is 2.34. The number of nitrogens with zero attached hydrogens (tertiary/aromatic N) is 2. The van der Waals surface area contributed by atoms with Crippen LogP contribution in [0.5, 0.6) is 0 Å². The molecule has 0 radical (unpaired) electrons. The highest BCUT2D eigenvalue weighted by atomic mass is 35.5. The monoisotopic (exact) mass is 253 g/mol. The van der Waals surface area contributed by atoms with Gasteiger partial charge in [0, 0.05) is 6.54 Å². The zero-order chi connectivity index (χ0) is 12.3. The molecule has 1 fully saturated rings. The molecule has 1 aliphatic heterocycles. The fraction of sp³-hybridized carbons (Fsp3) is 0.571. The first kappa shape index (κ1) is 12.9. The van der Waals surface area contributed by atoms with Gasteiger partial charge in [-0.1, -0.05) is 30.3 Å². The Labute approximate surface area is 109 Å². The van der Waals surface area contributed by atoms with Gasteiger partial charge >= 0.3 is 0 Å². The zero-order valence-electron chi connectivity index (χ0n) is 10.8. The van der Waals surface area contributed by atoms with E-state index in [1.165, 1.54) is 12.1 Å². The molecule has 0 N–H and O–H groups in total. The van der Waals surface area contributed by atoms with E-state index in [4.69, 9.17) is 11.6 Å². The van der Waals surface area contributed by atoms with E-state index in [2.05, 4.69) is 49.3 Å². The van der Waals surface area contributed by atoms with Gasteiger partial charge in [-0.25, -0.2) is 0 Å². The van der Waals surface area contributed by atoms with Crippen molar-refractivity contribution in [2.75, 3.05) is 46.2 Å². The number of rotatable bonds is 3. The maximum atomic E-state index is 5.93. The summed E-state index contributed by atoms with van der Waals surface area (Å²) >= 11 is 5.93. The average Bonchev–Trinajstić information content (AvgIpc) is 2.34. The van der Waals surface area contributed by atoms with Crippen LogP contribution in [0.1, 0.15) is 11.6 Å². The third-order valence-corrected chi connectivity index (χ3v) is 4.12. The third kappa shape index (κ3) is 3.01. The van der Waals surface area contributed by atoms with Gasteiger partial charge in [-0.05, 0) is 12.6 Å². The van der Waals surface area contributed by atoms with Gasteiger partial charge < -0.3 is 4.48 Å². The first-order chi connectivity index (χ1) is 8.14. The standard InChI is InChI=1S/C14H22ClN2/c1-16-9-11-17(2,10-8-15)12-14(16)13-6-4-3-5-7-13/h3-7,14H,8-12H2,1-2H3/q+1. The summed E-state index contributed by atoms with van der Waals surface area (Å²) in [6, 6.07) is 11.3. The van der Waals surface area contributed by atoms with Gasteiger partial charge in [0.15, 0.2) is 0 Å². The van der Waals surface area contributed by atoms with Crippen LogP contribution in [0.4, 0.5) is 0 Å². The Morgan fingerprint density at radius 3 is 2.71 bits per heavy atom. The molecule has 3 heteroatoms. The van der Waals surface area contributed by atoms with Crippen LogP contribution in [0.15, 0.2) is 30.3 Å². The highest BCUT2D eigenvalue weighted by Crippen LogP contribution is 2.26. The number of halogens is 1. The van der Waals surface area contributed by atoms with Crippen LogP contribution in [-0.2, 0) is 0 Å². The van der Waals surface area contributed by atoms with E-state index in [0.29, 0.717) is 6.04 Å². The number of likely N-dealkylation sites (N-methyl/N-ethyl adjacent to an activating group) is 2. The molecule has 2 rings (SSSR count). The Morgan fingerprint density at radius 1 is 1.35 bits per heavy atom. The van der Waals surface area contributed by atoms with Crippen molar-refractivity contribution in [1.82, 2.24) is 4.90 Å². The molecule has 0 saturated carbocycles. The Balaban J connectivity index is 2.15. The molecule has 0 amide bonds. The number of benzene rings is 1. The molecule has 1 aromatic rings. The summed E-state index contributed by atoms with van der Waals surface area (Å²) in [5, 5.41) is 0.